The van der Waals surface area contributed by atoms with E-state index in [2.05, 4.69) is 16.3 Å². The highest BCUT2D eigenvalue weighted by atomic mass is 35.5. The third-order valence-electron chi connectivity index (χ3n) is 2.35. The molecule has 0 aliphatic heterocycles. The van der Waals surface area contributed by atoms with Gasteiger partial charge in [0.2, 0.25) is 0 Å². The summed E-state index contributed by atoms with van der Waals surface area (Å²) in [5.74, 6) is -0.551. The highest BCUT2D eigenvalue weighted by Crippen LogP contribution is 2.29. The first-order chi connectivity index (χ1) is 8.61. The van der Waals surface area contributed by atoms with E-state index in [-0.39, 0.29) is 5.15 Å². The summed E-state index contributed by atoms with van der Waals surface area (Å²) in [5, 5.41) is 18.0. The summed E-state index contributed by atoms with van der Waals surface area (Å²) in [7, 11) is 0. The lowest BCUT2D eigenvalue weighted by atomic mass is 9.97. The van der Waals surface area contributed by atoms with E-state index in [0.717, 1.165) is 0 Å². The topological polar surface area (TPSA) is 49.6 Å². The lowest BCUT2D eigenvalue weighted by Crippen LogP contribution is -2.02. The maximum atomic E-state index is 9.24. The highest BCUT2D eigenvalue weighted by Gasteiger charge is 2.16. The van der Waals surface area contributed by atoms with E-state index >= 15 is 0 Å². The lowest BCUT2D eigenvalue weighted by Gasteiger charge is -2.09. The Kier molecular flexibility index (Phi) is 4.03. The molecule has 0 N–H and O–H groups in total. The molecule has 1 heterocycles. The van der Waals surface area contributed by atoms with Crippen LogP contribution in [-0.4, -0.2) is 10.2 Å². The number of halogens is 3. The molecule has 0 spiro atoms. The quantitative estimate of drug-likeness (QED) is 0.839. The maximum absolute atomic E-state index is 9.24. The van der Waals surface area contributed by atoms with Crippen LogP contribution in [0.2, 0.25) is 15.2 Å². The number of rotatable bonds is 2. The van der Waals surface area contributed by atoms with Crippen molar-refractivity contribution in [2.24, 2.45) is 0 Å². The Labute approximate surface area is 119 Å². The second kappa shape index (κ2) is 5.53. The van der Waals surface area contributed by atoms with E-state index in [9.17, 15) is 5.26 Å². The number of hydrogen-bond acceptors (Lipinski definition) is 3. The number of aromatic nitrogens is 2. The molecule has 6 heteroatoms. The van der Waals surface area contributed by atoms with Crippen molar-refractivity contribution in [3.8, 4) is 6.07 Å². The molecule has 1 aromatic carbocycles. The minimum absolute atomic E-state index is 0.282. The van der Waals surface area contributed by atoms with E-state index in [4.69, 9.17) is 34.8 Å². The fourth-order valence-electron chi connectivity index (χ4n) is 1.48. The first-order valence-corrected chi connectivity index (χ1v) is 6.09. The molecule has 0 fully saturated rings. The molecule has 1 aromatic heterocycles. The van der Waals surface area contributed by atoms with E-state index < -0.39 is 5.92 Å². The third-order valence-corrected chi connectivity index (χ3v) is 3.30. The Balaban J connectivity index is 2.42. The summed E-state index contributed by atoms with van der Waals surface area (Å²) in [4.78, 5) is 0. The predicted molar refractivity (Wildman–Crippen MR) is 71.0 cm³/mol. The van der Waals surface area contributed by atoms with Gasteiger partial charge in [-0.25, -0.2) is 0 Å². The van der Waals surface area contributed by atoms with Crippen molar-refractivity contribution in [2.45, 2.75) is 5.92 Å². The van der Waals surface area contributed by atoms with Crippen molar-refractivity contribution in [1.29, 1.82) is 5.26 Å². The Bertz CT molecular complexity index is 605. The second-order valence-corrected chi connectivity index (χ2v) is 4.72. The molecule has 0 radical (unpaired) electrons. The second-order valence-electron chi connectivity index (χ2n) is 3.52. The van der Waals surface area contributed by atoms with Gasteiger partial charge in [0, 0.05) is 0 Å². The van der Waals surface area contributed by atoms with Gasteiger partial charge in [-0.05, 0) is 29.8 Å². The van der Waals surface area contributed by atoms with Crippen LogP contribution < -0.4 is 0 Å². The monoisotopic (exact) mass is 297 g/mol. The fraction of sp³-hybridized carbons (Fsp3) is 0.0833. The summed E-state index contributed by atoms with van der Waals surface area (Å²) in [5.41, 5.74) is 1.23. The molecule has 0 amide bonds. The van der Waals surface area contributed by atoms with Crippen molar-refractivity contribution in [1.82, 2.24) is 10.2 Å². The molecule has 0 bridgehead atoms. The highest BCUT2D eigenvalue weighted by molar-refractivity contribution is 6.42. The first kappa shape index (κ1) is 13.1. The number of hydrogen-bond donors (Lipinski definition) is 0. The third kappa shape index (κ3) is 2.73. The number of nitriles is 1. The van der Waals surface area contributed by atoms with Crippen LogP contribution in [0, 0.1) is 11.3 Å². The Morgan fingerprint density at radius 3 is 2.33 bits per heavy atom. The molecular weight excluding hydrogens is 293 g/mol. The first-order valence-electron chi connectivity index (χ1n) is 4.95. The normalized spacial score (nSPS) is 11.9. The summed E-state index contributed by atoms with van der Waals surface area (Å²) in [6, 6.07) is 10.4. The van der Waals surface area contributed by atoms with Gasteiger partial charge in [-0.2, -0.15) is 10.4 Å². The van der Waals surface area contributed by atoms with Crippen LogP contribution in [0.4, 0.5) is 0 Å². The Morgan fingerprint density at radius 1 is 1.00 bits per heavy atom. The SMILES string of the molecule is N#CC(c1ccc(Cl)c(Cl)c1)c1ccc(Cl)nn1. The fourth-order valence-corrected chi connectivity index (χ4v) is 1.89. The Hall–Kier alpha value is -1.34. The zero-order chi connectivity index (χ0) is 13.1. The van der Waals surface area contributed by atoms with Crippen molar-refractivity contribution in [2.75, 3.05) is 0 Å². The van der Waals surface area contributed by atoms with Crippen LogP contribution in [0.3, 0.4) is 0 Å². The van der Waals surface area contributed by atoms with E-state index in [1.807, 2.05) is 0 Å². The molecule has 0 saturated heterocycles. The summed E-state index contributed by atoms with van der Waals surface area (Å²) in [6.07, 6.45) is 0. The van der Waals surface area contributed by atoms with Gasteiger partial charge < -0.3 is 0 Å². The van der Waals surface area contributed by atoms with E-state index in [1.165, 1.54) is 0 Å². The average molecular weight is 299 g/mol. The minimum Gasteiger partial charge on any atom is -0.197 e. The molecule has 18 heavy (non-hydrogen) atoms. The molecule has 90 valence electrons. The van der Waals surface area contributed by atoms with Crippen LogP contribution in [0.15, 0.2) is 30.3 Å². The predicted octanol–water partition coefficient (Wildman–Crippen LogP) is 4.09. The van der Waals surface area contributed by atoms with E-state index in [0.29, 0.717) is 21.3 Å². The van der Waals surface area contributed by atoms with Gasteiger partial charge in [0.05, 0.1) is 21.8 Å². The van der Waals surface area contributed by atoms with E-state index in [1.54, 1.807) is 30.3 Å². The zero-order valence-corrected chi connectivity index (χ0v) is 11.2. The molecule has 0 aliphatic carbocycles. The van der Waals surface area contributed by atoms with Crippen LogP contribution in [-0.2, 0) is 0 Å². The van der Waals surface area contributed by atoms with Crippen molar-refractivity contribution in [3.63, 3.8) is 0 Å². The van der Waals surface area contributed by atoms with Crippen molar-refractivity contribution in [3.05, 3.63) is 56.8 Å². The standard InChI is InChI=1S/C12H6Cl3N3/c13-9-2-1-7(5-10(9)14)8(6-16)11-3-4-12(15)18-17-11/h1-5,8H. The molecule has 2 rings (SSSR count). The molecule has 1 atom stereocenters. The Morgan fingerprint density at radius 2 is 1.78 bits per heavy atom. The van der Waals surface area contributed by atoms with Gasteiger partial charge in [0.15, 0.2) is 5.15 Å². The minimum atomic E-state index is -0.551. The molecule has 2 aromatic rings. The smallest absolute Gasteiger partial charge is 0.151 e. The summed E-state index contributed by atoms with van der Waals surface area (Å²) >= 11 is 17.4. The largest absolute Gasteiger partial charge is 0.197 e. The average Bonchev–Trinajstić information content (AvgIpc) is 2.37. The zero-order valence-electron chi connectivity index (χ0n) is 8.94. The summed E-state index contributed by atoms with van der Waals surface area (Å²) in [6.45, 7) is 0. The molecule has 0 saturated carbocycles. The van der Waals surface area contributed by atoms with Gasteiger partial charge in [-0.1, -0.05) is 40.9 Å². The van der Waals surface area contributed by atoms with Crippen LogP contribution in [0.25, 0.3) is 0 Å². The van der Waals surface area contributed by atoms with Gasteiger partial charge in [0.1, 0.15) is 5.92 Å². The van der Waals surface area contributed by atoms with Gasteiger partial charge >= 0.3 is 0 Å². The summed E-state index contributed by atoms with van der Waals surface area (Å²) < 4.78 is 0. The van der Waals surface area contributed by atoms with Crippen LogP contribution >= 0.6 is 34.8 Å². The number of benzene rings is 1. The van der Waals surface area contributed by atoms with Gasteiger partial charge in [0.25, 0.3) is 0 Å². The van der Waals surface area contributed by atoms with Crippen LogP contribution in [0.5, 0.6) is 0 Å². The van der Waals surface area contributed by atoms with Gasteiger partial charge in [-0.3, -0.25) is 0 Å². The van der Waals surface area contributed by atoms with Crippen molar-refractivity contribution >= 4 is 34.8 Å². The molecular formula is C12H6Cl3N3. The maximum Gasteiger partial charge on any atom is 0.151 e. The molecule has 1 unspecified atom stereocenters. The number of nitrogens with zero attached hydrogens (tertiary/aromatic N) is 3. The van der Waals surface area contributed by atoms with Crippen LogP contribution in [0.1, 0.15) is 17.2 Å². The van der Waals surface area contributed by atoms with Crippen molar-refractivity contribution < 1.29 is 0 Å². The van der Waals surface area contributed by atoms with Gasteiger partial charge in [-0.15, -0.1) is 5.10 Å². The molecule has 0 aliphatic rings. The lowest BCUT2D eigenvalue weighted by molar-refractivity contribution is 0.885. The molecule has 3 nitrogen and oxygen atoms in total.